The molecular weight excluding hydrogens is 348 g/mol. The molecule has 2 heterocycles. The number of amides is 2. The first-order valence-corrected chi connectivity index (χ1v) is 10.3. The van der Waals surface area contributed by atoms with Gasteiger partial charge in [0.05, 0.1) is 10.7 Å². The van der Waals surface area contributed by atoms with E-state index in [1.54, 1.807) is 0 Å². The molecule has 2 aliphatic rings. The molecule has 26 heavy (non-hydrogen) atoms. The van der Waals surface area contributed by atoms with Crippen LogP contribution >= 0.6 is 11.6 Å². The Morgan fingerprint density at radius 3 is 2.65 bits per heavy atom. The van der Waals surface area contributed by atoms with Gasteiger partial charge in [-0.1, -0.05) is 18.0 Å². The maximum absolute atomic E-state index is 12.1. The third-order valence-electron chi connectivity index (χ3n) is 5.53. The summed E-state index contributed by atoms with van der Waals surface area (Å²) in [5.41, 5.74) is 1.80. The van der Waals surface area contributed by atoms with E-state index in [1.807, 2.05) is 18.2 Å². The fourth-order valence-electron chi connectivity index (χ4n) is 3.95. The van der Waals surface area contributed by atoms with Crippen LogP contribution in [0.25, 0.3) is 0 Å². The minimum absolute atomic E-state index is 0.170. The van der Waals surface area contributed by atoms with E-state index in [0.29, 0.717) is 17.6 Å². The lowest BCUT2D eigenvalue weighted by atomic mass is 10.0. The number of rotatable bonds is 5. The van der Waals surface area contributed by atoms with E-state index in [4.69, 9.17) is 11.6 Å². The molecule has 1 aromatic rings. The summed E-state index contributed by atoms with van der Waals surface area (Å²) in [6.45, 7) is 7.09. The number of piperidine rings is 2. The molecule has 2 fully saturated rings. The molecule has 2 aliphatic heterocycles. The number of nitrogens with one attached hydrogen (secondary N) is 2. The summed E-state index contributed by atoms with van der Waals surface area (Å²) >= 11 is 6.45. The summed E-state index contributed by atoms with van der Waals surface area (Å²) in [5.74, 6) is 0. The summed E-state index contributed by atoms with van der Waals surface area (Å²) in [6.07, 6.45) is 7.57. The van der Waals surface area contributed by atoms with E-state index in [0.717, 1.165) is 37.6 Å². The first-order chi connectivity index (χ1) is 12.6. The van der Waals surface area contributed by atoms with E-state index in [2.05, 4.69) is 27.4 Å². The van der Waals surface area contributed by atoms with Crippen LogP contribution in [0.4, 0.5) is 16.2 Å². The molecule has 144 valence electrons. The fraction of sp³-hybridized carbons (Fsp3) is 0.650. The maximum Gasteiger partial charge on any atom is 0.319 e. The molecule has 0 aromatic heterocycles. The Labute approximate surface area is 162 Å². The van der Waals surface area contributed by atoms with Crippen molar-refractivity contribution in [2.45, 2.75) is 51.5 Å². The van der Waals surface area contributed by atoms with Crippen LogP contribution in [0, 0.1) is 0 Å². The fourth-order valence-corrected chi connectivity index (χ4v) is 4.25. The van der Waals surface area contributed by atoms with Crippen LogP contribution in [-0.2, 0) is 0 Å². The van der Waals surface area contributed by atoms with Gasteiger partial charge in [-0.2, -0.15) is 0 Å². The molecule has 1 atom stereocenters. The van der Waals surface area contributed by atoms with Crippen molar-refractivity contribution in [3.8, 4) is 0 Å². The van der Waals surface area contributed by atoms with Gasteiger partial charge in [-0.15, -0.1) is 0 Å². The van der Waals surface area contributed by atoms with Gasteiger partial charge in [-0.05, 0) is 63.8 Å². The van der Waals surface area contributed by atoms with Gasteiger partial charge in [-0.25, -0.2) is 4.79 Å². The van der Waals surface area contributed by atoms with Crippen molar-refractivity contribution in [1.29, 1.82) is 0 Å². The lowest BCUT2D eigenvalue weighted by molar-refractivity contribution is 0.162. The summed E-state index contributed by atoms with van der Waals surface area (Å²) in [6, 6.07) is 6.24. The van der Waals surface area contributed by atoms with E-state index >= 15 is 0 Å². The quantitative estimate of drug-likeness (QED) is 0.801. The molecule has 0 radical (unpaired) electrons. The van der Waals surface area contributed by atoms with E-state index in [9.17, 15) is 4.79 Å². The molecule has 2 saturated heterocycles. The Kier molecular flexibility index (Phi) is 7.03. The number of halogens is 1. The van der Waals surface area contributed by atoms with Gasteiger partial charge in [0.15, 0.2) is 0 Å². The molecule has 2 amide bonds. The van der Waals surface area contributed by atoms with Gasteiger partial charge in [0.2, 0.25) is 0 Å². The highest BCUT2D eigenvalue weighted by molar-refractivity contribution is 6.33. The normalized spacial score (nSPS) is 21.5. The van der Waals surface area contributed by atoms with Crippen LogP contribution in [-0.4, -0.2) is 49.7 Å². The molecule has 2 N–H and O–H groups in total. The number of urea groups is 1. The zero-order valence-electron chi connectivity index (χ0n) is 15.8. The maximum atomic E-state index is 12.1. The molecule has 3 rings (SSSR count). The van der Waals surface area contributed by atoms with Crippen LogP contribution in [0.5, 0.6) is 0 Å². The number of nitrogens with zero attached hydrogens (tertiary/aromatic N) is 2. The molecule has 0 aliphatic carbocycles. The predicted octanol–water partition coefficient (Wildman–Crippen LogP) is 4.33. The smallest absolute Gasteiger partial charge is 0.319 e. The summed E-state index contributed by atoms with van der Waals surface area (Å²) in [4.78, 5) is 16.9. The van der Waals surface area contributed by atoms with Crippen molar-refractivity contribution in [3.63, 3.8) is 0 Å². The van der Waals surface area contributed by atoms with Crippen LogP contribution in [0.1, 0.15) is 45.4 Å². The van der Waals surface area contributed by atoms with Crippen molar-refractivity contribution >= 4 is 29.0 Å². The van der Waals surface area contributed by atoms with Crippen molar-refractivity contribution in [3.05, 3.63) is 23.2 Å². The monoisotopic (exact) mass is 378 g/mol. The van der Waals surface area contributed by atoms with Gasteiger partial charge < -0.3 is 15.5 Å². The molecule has 0 spiro atoms. The Hall–Kier alpha value is -1.46. The number of hydrogen-bond donors (Lipinski definition) is 2. The van der Waals surface area contributed by atoms with Crippen molar-refractivity contribution in [1.82, 2.24) is 10.2 Å². The average molecular weight is 379 g/mol. The Morgan fingerprint density at radius 2 is 1.92 bits per heavy atom. The van der Waals surface area contributed by atoms with Gasteiger partial charge in [0.1, 0.15) is 0 Å². The SMILES string of the molecule is CC1CCCCN1CCNC(=O)Nc1ccc(N2CCCCC2)c(Cl)c1. The Balaban J connectivity index is 1.45. The van der Waals surface area contributed by atoms with Gasteiger partial charge in [0.25, 0.3) is 0 Å². The summed E-state index contributed by atoms with van der Waals surface area (Å²) < 4.78 is 0. The van der Waals surface area contributed by atoms with Crippen LogP contribution in [0.15, 0.2) is 18.2 Å². The summed E-state index contributed by atoms with van der Waals surface area (Å²) in [5, 5.41) is 6.54. The highest BCUT2D eigenvalue weighted by Gasteiger charge is 2.18. The Bertz CT molecular complexity index is 603. The third kappa shape index (κ3) is 5.27. The van der Waals surface area contributed by atoms with Crippen LogP contribution in [0.2, 0.25) is 5.02 Å². The number of carbonyl (C=O) groups excluding carboxylic acids is 1. The molecule has 0 saturated carbocycles. The van der Waals surface area contributed by atoms with Crippen molar-refractivity contribution in [2.24, 2.45) is 0 Å². The van der Waals surface area contributed by atoms with E-state index < -0.39 is 0 Å². The van der Waals surface area contributed by atoms with E-state index in [1.165, 1.54) is 38.5 Å². The molecular formula is C20H31ClN4O. The standard InChI is InChI=1S/C20H31ClN4O/c1-16-7-3-6-11-24(16)14-10-22-20(26)23-17-8-9-19(18(21)15-17)25-12-4-2-5-13-25/h8-9,15-16H,2-7,10-14H2,1H3,(H2,22,23,26). The second-order valence-electron chi connectivity index (χ2n) is 7.48. The minimum Gasteiger partial charge on any atom is -0.370 e. The molecule has 1 unspecified atom stereocenters. The molecule has 6 heteroatoms. The number of hydrogen-bond acceptors (Lipinski definition) is 3. The topological polar surface area (TPSA) is 47.6 Å². The van der Waals surface area contributed by atoms with Crippen LogP contribution < -0.4 is 15.5 Å². The predicted molar refractivity (Wildman–Crippen MR) is 109 cm³/mol. The van der Waals surface area contributed by atoms with Gasteiger partial charge >= 0.3 is 6.03 Å². The third-order valence-corrected chi connectivity index (χ3v) is 5.83. The number of likely N-dealkylation sites (tertiary alicyclic amines) is 1. The second-order valence-corrected chi connectivity index (χ2v) is 7.88. The average Bonchev–Trinajstić information content (AvgIpc) is 2.64. The first kappa shape index (κ1) is 19.3. The summed E-state index contributed by atoms with van der Waals surface area (Å²) in [7, 11) is 0. The molecule has 5 nitrogen and oxygen atoms in total. The Morgan fingerprint density at radius 1 is 1.15 bits per heavy atom. The van der Waals surface area contributed by atoms with Crippen LogP contribution in [0.3, 0.4) is 0 Å². The zero-order chi connectivity index (χ0) is 18.4. The van der Waals surface area contributed by atoms with E-state index in [-0.39, 0.29) is 6.03 Å². The van der Waals surface area contributed by atoms with Gasteiger partial charge in [0, 0.05) is 37.9 Å². The van der Waals surface area contributed by atoms with Crippen molar-refractivity contribution in [2.75, 3.05) is 42.9 Å². The minimum atomic E-state index is -0.170. The molecule has 1 aromatic carbocycles. The van der Waals surface area contributed by atoms with Crippen molar-refractivity contribution < 1.29 is 4.79 Å². The van der Waals surface area contributed by atoms with Gasteiger partial charge in [-0.3, -0.25) is 4.90 Å². The number of carbonyl (C=O) groups is 1. The number of benzene rings is 1. The lowest BCUT2D eigenvalue weighted by Gasteiger charge is -2.33. The zero-order valence-corrected chi connectivity index (χ0v) is 16.5. The number of anilines is 2. The first-order valence-electron chi connectivity index (χ1n) is 9.97. The lowest BCUT2D eigenvalue weighted by Crippen LogP contribution is -2.43. The largest absolute Gasteiger partial charge is 0.370 e. The second kappa shape index (κ2) is 9.47. The molecule has 0 bridgehead atoms. The highest BCUT2D eigenvalue weighted by Crippen LogP contribution is 2.30. The highest BCUT2D eigenvalue weighted by atomic mass is 35.5.